The van der Waals surface area contributed by atoms with Gasteiger partial charge in [-0.2, -0.15) is 0 Å². The van der Waals surface area contributed by atoms with Crippen LogP contribution >= 0.6 is 23.2 Å². The smallest absolute Gasteiger partial charge is 0.410 e. The molecule has 1 unspecified atom stereocenters. The fraction of sp³-hybridized carbons (Fsp3) is 0.611. The van der Waals surface area contributed by atoms with Gasteiger partial charge in [-0.05, 0) is 58.6 Å². The molecule has 0 radical (unpaired) electrons. The molecule has 1 atom stereocenters. The van der Waals surface area contributed by atoms with Gasteiger partial charge in [0.1, 0.15) is 5.60 Å². The fourth-order valence-corrected chi connectivity index (χ4v) is 3.24. The molecule has 24 heavy (non-hydrogen) atoms. The van der Waals surface area contributed by atoms with Crippen LogP contribution in [0.3, 0.4) is 0 Å². The molecule has 0 saturated carbocycles. The summed E-state index contributed by atoms with van der Waals surface area (Å²) in [6.07, 6.45) is 1.65. The summed E-state index contributed by atoms with van der Waals surface area (Å²) in [5, 5.41) is 4.55. The Morgan fingerprint density at radius 1 is 1.29 bits per heavy atom. The predicted octanol–water partition coefficient (Wildman–Crippen LogP) is 5.44. The molecule has 2 rings (SSSR count). The van der Waals surface area contributed by atoms with Gasteiger partial charge in [-0.1, -0.05) is 29.3 Å². The van der Waals surface area contributed by atoms with Crippen molar-refractivity contribution in [3.05, 3.63) is 28.2 Å². The van der Waals surface area contributed by atoms with Crippen molar-refractivity contribution in [2.75, 3.05) is 18.4 Å². The number of ether oxygens (including phenoxy) is 1. The van der Waals surface area contributed by atoms with Crippen molar-refractivity contribution in [2.45, 2.75) is 52.2 Å². The molecule has 1 heterocycles. The van der Waals surface area contributed by atoms with Crippen molar-refractivity contribution < 1.29 is 9.53 Å². The first-order chi connectivity index (χ1) is 11.2. The van der Waals surface area contributed by atoms with Crippen LogP contribution in [0.1, 0.15) is 40.5 Å². The van der Waals surface area contributed by atoms with E-state index in [-0.39, 0.29) is 12.1 Å². The monoisotopic (exact) mass is 372 g/mol. The summed E-state index contributed by atoms with van der Waals surface area (Å²) < 4.78 is 5.44. The van der Waals surface area contributed by atoms with Crippen LogP contribution in [0.25, 0.3) is 0 Å². The molecule has 1 aromatic rings. The lowest BCUT2D eigenvalue weighted by atomic mass is 9.90. The SMILES string of the molecule is CC(Nc1cccc(Cl)c1Cl)C1CCN(C(=O)OC(C)(C)C)CC1. The molecule has 1 aromatic carbocycles. The molecule has 1 N–H and O–H groups in total. The third-order valence-electron chi connectivity index (χ3n) is 4.23. The molecule has 1 saturated heterocycles. The first-order valence-electron chi connectivity index (χ1n) is 8.36. The highest BCUT2D eigenvalue weighted by atomic mass is 35.5. The highest BCUT2D eigenvalue weighted by molar-refractivity contribution is 6.43. The minimum atomic E-state index is -0.452. The molecule has 0 aliphatic carbocycles. The van der Waals surface area contributed by atoms with Crippen molar-refractivity contribution in [2.24, 2.45) is 5.92 Å². The molecule has 134 valence electrons. The Morgan fingerprint density at radius 3 is 2.50 bits per heavy atom. The van der Waals surface area contributed by atoms with Crippen LogP contribution in [0.5, 0.6) is 0 Å². The minimum absolute atomic E-state index is 0.223. The Balaban J connectivity index is 1.87. The Bertz CT molecular complexity index is 579. The maximum atomic E-state index is 12.1. The number of hydrogen-bond acceptors (Lipinski definition) is 3. The van der Waals surface area contributed by atoms with E-state index in [4.69, 9.17) is 27.9 Å². The molecule has 1 fully saturated rings. The van der Waals surface area contributed by atoms with E-state index in [1.807, 2.05) is 32.9 Å². The lowest BCUT2D eigenvalue weighted by Gasteiger charge is -2.36. The van der Waals surface area contributed by atoms with E-state index < -0.39 is 5.60 Å². The number of carbonyl (C=O) groups is 1. The lowest BCUT2D eigenvalue weighted by Crippen LogP contribution is -2.44. The number of benzene rings is 1. The molecular weight excluding hydrogens is 347 g/mol. The highest BCUT2D eigenvalue weighted by Gasteiger charge is 2.29. The average Bonchev–Trinajstić information content (AvgIpc) is 2.50. The maximum absolute atomic E-state index is 12.1. The number of nitrogens with zero attached hydrogens (tertiary/aromatic N) is 1. The second-order valence-electron chi connectivity index (χ2n) is 7.34. The largest absolute Gasteiger partial charge is 0.444 e. The Kier molecular flexibility index (Phi) is 6.27. The number of rotatable bonds is 3. The van der Waals surface area contributed by atoms with Gasteiger partial charge in [-0.25, -0.2) is 4.79 Å². The van der Waals surface area contributed by atoms with Crippen LogP contribution in [0.4, 0.5) is 10.5 Å². The van der Waals surface area contributed by atoms with Gasteiger partial charge in [-0.3, -0.25) is 0 Å². The zero-order valence-electron chi connectivity index (χ0n) is 14.7. The van der Waals surface area contributed by atoms with E-state index in [0.717, 1.165) is 31.6 Å². The zero-order chi connectivity index (χ0) is 17.9. The molecule has 0 aromatic heterocycles. The summed E-state index contributed by atoms with van der Waals surface area (Å²) in [4.78, 5) is 13.9. The molecular formula is C18H26Cl2N2O2. The quantitative estimate of drug-likeness (QED) is 0.767. The second kappa shape index (κ2) is 7.83. The van der Waals surface area contributed by atoms with Gasteiger partial charge in [0.25, 0.3) is 0 Å². The number of piperidine rings is 1. The third-order valence-corrected chi connectivity index (χ3v) is 5.05. The van der Waals surface area contributed by atoms with Crippen molar-refractivity contribution in [1.82, 2.24) is 4.90 Å². The predicted molar refractivity (Wildman–Crippen MR) is 100 cm³/mol. The maximum Gasteiger partial charge on any atom is 0.410 e. The molecule has 0 bridgehead atoms. The number of hydrogen-bond donors (Lipinski definition) is 1. The molecule has 4 nitrogen and oxygen atoms in total. The summed E-state index contributed by atoms with van der Waals surface area (Å²) in [6.45, 7) is 9.24. The van der Waals surface area contributed by atoms with Gasteiger partial charge in [0.05, 0.1) is 15.7 Å². The summed E-state index contributed by atoms with van der Waals surface area (Å²) in [5.41, 5.74) is 0.401. The van der Waals surface area contributed by atoms with Gasteiger partial charge < -0.3 is 15.0 Å². The second-order valence-corrected chi connectivity index (χ2v) is 8.12. The summed E-state index contributed by atoms with van der Waals surface area (Å²) >= 11 is 12.3. The molecule has 6 heteroatoms. The van der Waals surface area contributed by atoms with Crippen LogP contribution in [0, 0.1) is 5.92 Å². The molecule has 0 spiro atoms. The Morgan fingerprint density at radius 2 is 1.92 bits per heavy atom. The topological polar surface area (TPSA) is 41.6 Å². The lowest BCUT2D eigenvalue weighted by molar-refractivity contribution is 0.0179. The van der Waals surface area contributed by atoms with Gasteiger partial charge in [-0.15, -0.1) is 0 Å². The fourth-order valence-electron chi connectivity index (χ4n) is 2.89. The number of amides is 1. The number of halogens is 2. The van der Waals surface area contributed by atoms with Crippen molar-refractivity contribution in [3.8, 4) is 0 Å². The standard InChI is InChI=1S/C18H26Cl2N2O2/c1-12(21-15-7-5-6-14(19)16(15)20)13-8-10-22(11-9-13)17(23)24-18(2,3)4/h5-7,12-13,21H,8-11H2,1-4H3. The average molecular weight is 373 g/mol. The van der Waals surface area contributed by atoms with Crippen molar-refractivity contribution in [3.63, 3.8) is 0 Å². The zero-order valence-corrected chi connectivity index (χ0v) is 16.2. The van der Waals surface area contributed by atoms with Crippen molar-refractivity contribution in [1.29, 1.82) is 0 Å². The number of anilines is 1. The Hall–Kier alpha value is -1.13. The summed E-state index contributed by atoms with van der Waals surface area (Å²) in [7, 11) is 0. The molecule has 1 aliphatic rings. The summed E-state index contributed by atoms with van der Waals surface area (Å²) in [5.74, 6) is 0.471. The number of nitrogens with one attached hydrogen (secondary N) is 1. The summed E-state index contributed by atoms with van der Waals surface area (Å²) in [6, 6.07) is 5.84. The van der Waals surface area contributed by atoms with Gasteiger partial charge in [0.15, 0.2) is 0 Å². The van der Waals surface area contributed by atoms with Crippen LogP contribution in [-0.4, -0.2) is 35.7 Å². The first-order valence-corrected chi connectivity index (χ1v) is 9.11. The van der Waals surface area contributed by atoms with E-state index in [1.54, 1.807) is 11.0 Å². The van der Waals surface area contributed by atoms with Gasteiger partial charge in [0.2, 0.25) is 0 Å². The third kappa shape index (κ3) is 5.18. The van der Waals surface area contributed by atoms with E-state index >= 15 is 0 Å². The number of carbonyl (C=O) groups excluding carboxylic acids is 1. The van der Waals surface area contributed by atoms with Gasteiger partial charge >= 0.3 is 6.09 Å². The van der Waals surface area contributed by atoms with Crippen LogP contribution in [-0.2, 0) is 4.74 Å². The van der Waals surface area contributed by atoms with E-state index in [2.05, 4.69) is 12.2 Å². The van der Waals surface area contributed by atoms with E-state index in [1.165, 1.54) is 0 Å². The molecule has 1 aliphatic heterocycles. The van der Waals surface area contributed by atoms with Gasteiger partial charge in [0, 0.05) is 19.1 Å². The normalized spacial score (nSPS) is 17.5. The van der Waals surface area contributed by atoms with Crippen LogP contribution in [0.15, 0.2) is 18.2 Å². The highest BCUT2D eigenvalue weighted by Crippen LogP contribution is 2.32. The van der Waals surface area contributed by atoms with E-state index in [0.29, 0.717) is 16.0 Å². The van der Waals surface area contributed by atoms with E-state index in [9.17, 15) is 4.79 Å². The first kappa shape index (κ1) is 19.2. The minimum Gasteiger partial charge on any atom is -0.444 e. The van der Waals surface area contributed by atoms with Crippen LogP contribution < -0.4 is 5.32 Å². The number of likely N-dealkylation sites (tertiary alicyclic amines) is 1. The molecule has 1 amide bonds. The van der Waals surface area contributed by atoms with Crippen molar-refractivity contribution >= 4 is 35.0 Å². The Labute approximate surface area is 154 Å². The van der Waals surface area contributed by atoms with Crippen LogP contribution in [0.2, 0.25) is 10.0 Å².